The van der Waals surface area contributed by atoms with Crippen molar-refractivity contribution in [3.63, 3.8) is 0 Å². The van der Waals surface area contributed by atoms with E-state index in [0.717, 1.165) is 16.7 Å². The molecule has 0 aromatic heterocycles. The molecule has 2 aromatic carbocycles. The highest BCUT2D eigenvalue weighted by molar-refractivity contribution is 6.04. The molecule has 1 aliphatic heterocycles. The molecule has 4 rings (SSSR count). The van der Waals surface area contributed by atoms with E-state index in [1.54, 1.807) is 6.07 Å². The molecule has 0 fully saturated rings. The van der Waals surface area contributed by atoms with Gasteiger partial charge in [0.05, 0.1) is 5.56 Å². The SMILES string of the molecule is Cc1ccc(OCC(=O)NCc2ccc3c(c2)OCO3)c2c1C(C)CC2=O. The van der Waals surface area contributed by atoms with Crippen LogP contribution in [0.1, 0.15) is 46.3 Å². The van der Waals surface area contributed by atoms with Crippen LogP contribution in [0.5, 0.6) is 17.2 Å². The van der Waals surface area contributed by atoms with Crippen LogP contribution in [0.3, 0.4) is 0 Å². The average molecular weight is 367 g/mol. The molecular formula is C21H21NO5. The smallest absolute Gasteiger partial charge is 0.258 e. The zero-order valence-corrected chi connectivity index (χ0v) is 15.3. The van der Waals surface area contributed by atoms with Gasteiger partial charge in [0.15, 0.2) is 23.9 Å². The second-order valence-electron chi connectivity index (χ2n) is 6.95. The fourth-order valence-corrected chi connectivity index (χ4v) is 3.67. The molecule has 0 saturated heterocycles. The van der Waals surface area contributed by atoms with E-state index in [1.165, 1.54) is 0 Å². The van der Waals surface area contributed by atoms with Crippen molar-refractivity contribution in [2.75, 3.05) is 13.4 Å². The first kappa shape index (κ1) is 17.4. The summed E-state index contributed by atoms with van der Waals surface area (Å²) in [5, 5.41) is 2.81. The van der Waals surface area contributed by atoms with Crippen molar-refractivity contribution < 1.29 is 23.8 Å². The van der Waals surface area contributed by atoms with Crippen LogP contribution in [0.4, 0.5) is 0 Å². The Bertz CT molecular complexity index is 921. The van der Waals surface area contributed by atoms with Gasteiger partial charge < -0.3 is 19.5 Å². The maximum Gasteiger partial charge on any atom is 0.258 e. The van der Waals surface area contributed by atoms with Crippen molar-refractivity contribution in [2.24, 2.45) is 0 Å². The molecule has 1 amide bonds. The Balaban J connectivity index is 1.37. The maximum absolute atomic E-state index is 12.3. The molecule has 1 atom stereocenters. The second-order valence-corrected chi connectivity index (χ2v) is 6.95. The largest absolute Gasteiger partial charge is 0.483 e. The number of nitrogens with one attached hydrogen (secondary N) is 1. The number of fused-ring (bicyclic) bond motifs is 2. The lowest BCUT2D eigenvalue weighted by atomic mass is 9.97. The summed E-state index contributed by atoms with van der Waals surface area (Å²) >= 11 is 0. The Morgan fingerprint density at radius 3 is 2.89 bits per heavy atom. The zero-order chi connectivity index (χ0) is 19.0. The number of Topliss-reactive ketones (excluding diaryl/α,β-unsaturated/α-hetero) is 1. The van der Waals surface area contributed by atoms with Gasteiger partial charge in [-0.3, -0.25) is 9.59 Å². The van der Waals surface area contributed by atoms with E-state index >= 15 is 0 Å². The number of hydrogen-bond acceptors (Lipinski definition) is 5. The molecule has 27 heavy (non-hydrogen) atoms. The molecule has 0 bridgehead atoms. The van der Waals surface area contributed by atoms with Crippen LogP contribution in [0.2, 0.25) is 0 Å². The Morgan fingerprint density at radius 2 is 2.04 bits per heavy atom. The van der Waals surface area contributed by atoms with Crippen LogP contribution in [0.15, 0.2) is 30.3 Å². The first-order chi connectivity index (χ1) is 13.0. The molecule has 0 radical (unpaired) electrons. The summed E-state index contributed by atoms with van der Waals surface area (Å²) < 4.78 is 16.3. The number of benzene rings is 2. The fourth-order valence-electron chi connectivity index (χ4n) is 3.67. The van der Waals surface area contributed by atoms with Crippen molar-refractivity contribution in [3.8, 4) is 17.2 Å². The quantitative estimate of drug-likeness (QED) is 0.879. The molecule has 1 N–H and O–H groups in total. The predicted molar refractivity (Wildman–Crippen MR) is 98.4 cm³/mol. The van der Waals surface area contributed by atoms with Gasteiger partial charge in [0.1, 0.15) is 5.75 Å². The first-order valence-corrected chi connectivity index (χ1v) is 8.97. The van der Waals surface area contributed by atoms with Gasteiger partial charge in [-0.1, -0.05) is 19.1 Å². The number of ether oxygens (including phenoxy) is 3. The molecular weight excluding hydrogens is 346 g/mol. The van der Waals surface area contributed by atoms with Crippen LogP contribution >= 0.6 is 0 Å². The van der Waals surface area contributed by atoms with Gasteiger partial charge in [-0.15, -0.1) is 0 Å². The molecule has 140 valence electrons. The van der Waals surface area contributed by atoms with Crippen LogP contribution in [-0.2, 0) is 11.3 Å². The third-order valence-electron chi connectivity index (χ3n) is 4.97. The third-order valence-corrected chi connectivity index (χ3v) is 4.97. The van der Waals surface area contributed by atoms with Crippen molar-refractivity contribution in [1.29, 1.82) is 0 Å². The van der Waals surface area contributed by atoms with Gasteiger partial charge in [-0.2, -0.15) is 0 Å². The minimum absolute atomic E-state index is 0.0805. The van der Waals surface area contributed by atoms with Crippen LogP contribution in [-0.4, -0.2) is 25.1 Å². The normalized spacial score (nSPS) is 17.0. The average Bonchev–Trinajstić information content (AvgIpc) is 3.23. The van der Waals surface area contributed by atoms with Crippen molar-refractivity contribution in [2.45, 2.75) is 32.7 Å². The van der Waals surface area contributed by atoms with E-state index in [1.807, 2.05) is 38.1 Å². The number of ketones is 1. The number of amides is 1. The molecule has 0 saturated carbocycles. The van der Waals surface area contributed by atoms with Crippen molar-refractivity contribution in [3.05, 3.63) is 52.6 Å². The highest BCUT2D eigenvalue weighted by Gasteiger charge is 2.31. The van der Waals surface area contributed by atoms with E-state index < -0.39 is 0 Å². The summed E-state index contributed by atoms with van der Waals surface area (Å²) in [7, 11) is 0. The number of carbonyl (C=O) groups excluding carboxylic acids is 2. The first-order valence-electron chi connectivity index (χ1n) is 8.97. The molecule has 6 heteroatoms. The van der Waals surface area contributed by atoms with Gasteiger partial charge in [-0.25, -0.2) is 0 Å². The summed E-state index contributed by atoms with van der Waals surface area (Å²) in [6.07, 6.45) is 0.493. The third kappa shape index (κ3) is 3.35. The highest BCUT2D eigenvalue weighted by atomic mass is 16.7. The zero-order valence-electron chi connectivity index (χ0n) is 15.3. The lowest BCUT2D eigenvalue weighted by Gasteiger charge is -2.13. The number of aryl methyl sites for hydroxylation is 1. The fraction of sp³-hybridized carbons (Fsp3) is 0.333. The Labute approximate surface area is 157 Å². The van der Waals surface area contributed by atoms with Gasteiger partial charge >= 0.3 is 0 Å². The standard InChI is InChI=1S/C21H21NO5/c1-12-3-5-17(21-15(23)7-13(2)20(12)21)25-10-19(24)22-9-14-4-6-16-18(8-14)27-11-26-16/h3-6,8,13H,7,9-11H2,1-2H3,(H,22,24). The predicted octanol–water partition coefficient (Wildman–Crippen LogP) is 3.11. The number of carbonyl (C=O) groups is 2. The lowest BCUT2D eigenvalue weighted by Crippen LogP contribution is -2.28. The Hall–Kier alpha value is -3.02. The second kappa shape index (κ2) is 6.95. The van der Waals surface area contributed by atoms with E-state index in [2.05, 4.69) is 5.32 Å². The van der Waals surface area contributed by atoms with Crippen molar-refractivity contribution in [1.82, 2.24) is 5.32 Å². The topological polar surface area (TPSA) is 73.9 Å². The van der Waals surface area contributed by atoms with E-state index in [4.69, 9.17) is 14.2 Å². The van der Waals surface area contributed by atoms with E-state index in [9.17, 15) is 9.59 Å². The minimum atomic E-state index is -0.250. The molecule has 2 aromatic rings. The summed E-state index contributed by atoms with van der Waals surface area (Å²) in [4.78, 5) is 24.5. The summed E-state index contributed by atoms with van der Waals surface area (Å²) in [6.45, 7) is 4.48. The maximum atomic E-state index is 12.3. The minimum Gasteiger partial charge on any atom is -0.483 e. The molecule has 1 aliphatic carbocycles. The van der Waals surface area contributed by atoms with Crippen molar-refractivity contribution >= 4 is 11.7 Å². The molecule has 6 nitrogen and oxygen atoms in total. The van der Waals surface area contributed by atoms with E-state index in [-0.39, 0.29) is 31.0 Å². The van der Waals surface area contributed by atoms with Gasteiger partial charge in [0, 0.05) is 13.0 Å². The summed E-state index contributed by atoms with van der Waals surface area (Å²) in [5.41, 5.74) is 3.67. The monoisotopic (exact) mass is 367 g/mol. The number of rotatable bonds is 5. The van der Waals surface area contributed by atoms with Gasteiger partial charge in [0.2, 0.25) is 6.79 Å². The molecule has 2 aliphatic rings. The Kier molecular flexibility index (Phi) is 4.48. The highest BCUT2D eigenvalue weighted by Crippen LogP contribution is 2.40. The lowest BCUT2D eigenvalue weighted by molar-refractivity contribution is -0.123. The molecule has 1 heterocycles. The molecule has 1 unspecified atom stereocenters. The Morgan fingerprint density at radius 1 is 1.22 bits per heavy atom. The summed E-state index contributed by atoms with van der Waals surface area (Å²) in [6, 6.07) is 9.25. The van der Waals surface area contributed by atoms with Gasteiger partial charge in [0.25, 0.3) is 5.91 Å². The van der Waals surface area contributed by atoms with Crippen LogP contribution in [0.25, 0.3) is 0 Å². The van der Waals surface area contributed by atoms with E-state index in [0.29, 0.717) is 35.8 Å². The molecule has 0 spiro atoms. The van der Waals surface area contributed by atoms with Gasteiger partial charge in [-0.05, 0) is 47.7 Å². The number of hydrogen-bond donors (Lipinski definition) is 1. The van der Waals surface area contributed by atoms with Crippen LogP contribution in [0, 0.1) is 6.92 Å². The summed E-state index contributed by atoms with van der Waals surface area (Å²) in [5.74, 6) is 1.90. The van der Waals surface area contributed by atoms with Crippen LogP contribution < -0.4 is 19.5 Å².